The van der Waals surface area contributed by atoms with Crippen molar-refractivity contribution in [2.24, 2.45) is 0 Å². The zero-order valence-corrected chi connectivity index (χ0v) is 13.3. The monoisotopic (exact) mass is 390 g/mol. The van der Waals surface area contributed by atoms with Crippen molar-refractivity contribution in [3.63, 3.8) is 0 Å². The van der Waals surface area contributed by atoms with Gasteiger partial charge in [-0.25, -0.2) is 9.97 Å². The first-order valence-electron chi connectivity index (χ1n) is 5.87. The molecule has 0 N–H and O–H groups in total. The number of carbonyl (C=O) groups excluding carboxylic acids is 1. The highest BCUT2D eigenvalue weighted by molar-refractivity contribution is 9.10. The molecule has 0 aliphatic heterocycles. The zero-order chi connectivity index (χ0) is 14.1. The standard InChI is InChI=1S/C15H8Br2N2O/c16-11-7-6-10(8-20)14-12(11)13(18-15(17)19-14)9-4-2-1-3-5-9/h1-8H. The van der Waals surface area contributed by atoms with Gasteiger partial charge in [0.25, 0.3) is 0 Å². The lowest BCUT2D eigenvalue weighted by Gasteiger charge is -2.09. The van der Waals surface area contributed by atoms with Gasteiger partial charge < -0.3 is 0 Å². The predicted molar refractivity (Wildman–Crippen MR) is 85.8 cm³/mol. The Balaban J connectivity index is 2.46. The van der Waals surface area contributed by atoms with E-state index in [-0.39, 0.29) is 0 Å². The van der Waals surface area contributed by atoms with Gasteiger partial charge in [-0.15, -0.1) is 0 Å². The Morgan fingerprint density at radius 3 is 2.40 bits per heavy atom. The van der Waals surface area contributed by atoms with Gasteiger partial charge in [0.05, 0.1) is 11.2 Å². The van der Waals surface area contributed by atoms with Gasteiger partial charge in [-0.1, -0.05) is 46.3 Å². The summed E-state index contributed by atoms with van der Waals surface area (Å²) in [7, 11) is 0. The van der Waals surface area contributed by atoms with E-state index in [1.54, 1.807) is 6.07 Å². The second-order valence-corrected chi connectivity index (χ2v) is 5.75. The van der Waals surface area contributed by atoms with Crippen molar-refractivity contribution in [3.8, 4) is 11.3 Å². The predicted octanol–water partition coefficient (Wildman–Crippen LogP) is 4.63. The number of halogens is 2. The number of hydrogen-bond acceptors (Lipinski definition) is 3. The third kappa shape index (κ3) is 2.27. The summed E-state index contributed by atoms with van der Waals surface area (Å²) in [6.07, 6.45) is 0.809. The Bertz CT molecular complexity index is 804. The number of fused-ring (bicyclic) bond motifs is 1. The van der Waals surface area contributed by atoms with Gasteiger partial charge in [0.1, 0.15) is 0 Å². The molecule has 3 nitrogen and oxygen atoms in total. The van der Waals surface area contributed by atoms with E-state index in [1.165, 1.54) is 0 Å². The molecule has 2 aromatic carbocycles. The molecular weight excluding hydrogens is 384 g/mol. The molecule has 0 bridgehead atoms. The summed E-state index contributed by atoms with van der Waals surface area (Å²) in [5.74, 6) is 0. The van der Waals surface area contributed by atoms with Crippen molar-refractivity contribution < 1.29 is 4.79 Å². The van der Waals surface area contributed by atoms with Gasteiger partial charge >= 0.3 is 0 Å². The maximum atomic E-state index is 11.2. The van der Waals surface area contributed by atoms with Gasteiger partial charge in [-0.2, -0.15) is 0 Å². The maximum absolute atomic E-state index is 11.2. The average molecular weight is 392 g/mol. The summed E-state index contributed by atoms with van der Waals surface area (Å²) in [6.45, 7) is 0. The van der Waals surface area contributed by atoms with E-state index in [4.69, 9.17) is 0 Å². The normalized spacial score (nSPS) is 10.7. The van der Waals surface area contributed by atoms with E-state index >= 15 is 0 Å². The lowest BCUT2D eigenvalue weighted by Crippen LogP contribution is -1.96. The van der Waals surface area contributed by atoms with Crippen LogP contribution in [0.3, 0.4) is 0 Å². The summed E-state index contributed by atoms with van der Waals surface area (Å²) in [5.41, 5.74) is 2.95. The molecule has 0 aliphatic rings. The average Bonchev–Trinajstić information content (AvgIpc) is 2.47. The van der Waals surface area contributed by atoms with Crippen LogP contribution in [-0.2, 0) is 0 Å². The fraction of sp³-hybridized carbons (Fsp3) is 0. The van der Waals surface area contributed by atoms with Gasteiger partial charge in [0, 0.05) is 21.0 Å². The van der Waals surface area contributed by atoms with E-state index in [1.807, 2.05) is 36.4 Å². The molecule has 1 heterocycles. The van der Waals surface area contributed by atoms with Gasteiger partial charge in [0.15, 0.2) is 11.0 Å². The minimum absolute atomic E-state index is 0.463. The highest BCUT2D eigenvalue weighted by atomic mass is 79.9. The molecule has 0 atom stereocenters. The van der Waals surface area contributed by atoms with Crippen LogP contribution in [-0.4, -0.2) is 16.3 Å². The minimum atomic E-state index is 0.463. The van der Waals surface area contributed by atoms with Crippen molar-refractivity contribution in [2.45, 2.75) is 0 Å². The Labute approximate surface area is 132 Å². The van der Waals surface area contributed by atoms with Crippen molar-refractivity contribution in [2.75, 3.05) is 0 Å². The number of hydrogen-bond donors (Lipinski definition) is 0. The van der Waals surface area contributed by atoms with Gasteiger partial charge in [-0.3, -0.25) is 4.79 Å². The summed E-state index contributed by atoms with van der Waals surface area (Å²) in [5, 5.41) is 0.837. The minimum Gasteiger partial charge on any atom is -0.298 e. The number of aldehydes is 1. The molecule has 1 aromatic heterocycles. The lowest BCUT2D eigenvalue weighted by atomic mass is 10.0. The molecule has 0 amide bonds. The van der Waals surface area contributed by atoms with Crippen LogP contribution in [0.15, 0.2) is 51.7 Å². The van der Waals surface area contributed by atoms with E-state index in [9.17, 15) is 4.79 Å². The first kappa shape index (κ1) is 13.4. The van der Waals surface area contributed by atoms with Crippen LogP contribution >= 0.6 is 31.9 Å². The second-order valence-electron chi connectivity index (χ2n) is 4.19. The second kappa shape index (κ2) is 5.42. The number of benzene rings is 2. The van der Waals surface area contributed by atoms with Crippen LogP contribution in [0.2, 0.25) is 0 Å². The lowest BCUT2D eigenvalue weighted by molar-refractivity contribution is 0.112. The van der Waals surface area contributed by atoms with E-state index < -0.39 is 0 Å². The van der Waals surface area contributed by atoms with E-state index in [0.29, 0.717) is 15.8 Å². The third-order valence-electron chi connectivity index (χ3n) is 2.98. The molecule has 20 heavy (non-hydrogen) atoms. The number of rotatable bonds is 2. The summed E-state index contributed by atoms with van der Waals surface area (Å²) in [6, 6.07) is 13.4. The maximum Gasteiger partial charge on any atom is 0.197 e. The first-order chi connectivity index (χ1) is 9.70. The highest BCUT2D eigenvalue weighted by Gasteiger charge is 2.14. The topological polar surface area (TPSA) is 42.9 Å². The van der Waals surface area contributed by atoms with Crippen LogP contribution in [0.4, 0.5) is 0 Å². The Morgan fingerprint density at radius 2 is 1.70 bits per heavy atom. The number of aromatic nitrogens is 2. The molecule has 0 aliphatic carbocycles. The summed E-state index contributed by atoms with van der Waals surface area (Å²) in [4.78, 5) is 20.0. The molecule has 0 fully saturated rings. The van der Waals surface area contributed by atoms with Crippen molar-refractivity contribution >= 4 is 49.0 Å². The molecule has 3 aromatic rings. The summed E-state index contributed by atoms with van der Waals surface area (Å²) >= 11 is 6.84. The summed E-state index contributed by atoms with van der Waals surface area (Å²) < 4.78 is 1.33. The van der Waals surface area contributed by atoms with Crippen molar-refractivity contribution in [3.05, 3.63) is 57.2 Å². The van der Waals surface area contributed by atoms with Crippen LogP contribution in [0.5, 0.6) is 0 Å². The molecule has 3 rings (SSSR count). The molecule has 0 radical (unpaired) electrons. The Morgan fingerprint density at radius 1 is 0.950 bits per heavy atom. The van der Waals surface area contributed by atoms with Gasteiger partial charge in [-0.05, 0) is 28.1 Å². The zero-order valence-electron chi connectivity index (χ0n) is 10.2. The fourth-order valence-corrected chi connectivity index (χ4v) is 2.96. The molecular formula is C15H8Br2N2O. The van der Waals surface area contributed by atoms with E-state index in [2.05, 4.69) is 41.8 Å². The highest BCUT2D eigenvalue weighted by Crippen LogP contribution is 2.34. The molecule has 0 saturated heterocycles. The SMILES string of the molecule is O=Cc1ccc(Br)c2c(-c3ccccc3)nc(Br)nc12. The quantitative estimate of drug-likeness (QED) is 0.472. The smallest absolute Gasteiger partial charge is 0.197 e. The van der Waals surface area contributed by atoms with Crippen molar-refractivity contribution in [1.82, 2.24) is 9.97 Å². The third-order valence-corrected chi connectivity index (χ3v) is 3.99. The van der Waals surface area contributed by atoms with Crippen LogP contribution < -0.4 is 0 Å². The number of nitrogens with zero attached hydrogens (tertiary/aromatic N) is 2. The van der Waals surface area contributed by atoms with E-state index in [0.717, 1.165) is 27.4 Å². The largest absolute Gasteiger partial charge is 0.298 e. The molecule has 5 heteroatoms. The van der Waals surface area contributed by atoms with Gasteiger partial charge in [0.2, 0.25) is 0 Å². The number of carbonyl (C=O) groups is 1. The molecule has 0 saturated carbocycles. The molecule has 0 spiro atoms. The van der Waals surface area contributed by atoms with Crippen LogP contribution in [0.25, 0.3) is 22.2 Å². The van der Waals surface area contributed by atoms with Crippen LogP contribution in [0.1, 0.15) is 10.4 Å². The fourth-order valence-electron chi connectivity index (χ4n) is 2.09. The Kier molecular flexibility index (Phi) is 3.63. The van der Waals surface area contributed by atoms with Crippen molar-refractivity contribution in [1.29, 1.82) is 0 Å². The first-order valence-corrected chi connectivity index (χ1v) is 7.45. The molecule has 0 unspecified atom stereocenters. The molecule has 98 valence electrons. The van der Waals surface area contributed by atoms with Crippen LogP contribution in [0, 0.1) is 0 Å². The Hall–Kier alpha value is -1.59.